The highest BCUT2D eigenvalue weighted by Crippen LogP contribution is 2.28. The third kappa shape index (κ3) is 4.58. The molecule has 0 spiro atoms. The molecule has 0 N–H and O–H groups in total. The first kappa shape index (κ1) is 22.1. The molecular formula is C24H33N3O3S. The molecule has 0 saturated carbocycles. The number of carbonyl (C=O) groups excluding carboxylic acids is 1. The SMILES string of the molecule is Cc1c(S(=O)(=O)N2CCCCC2)cc(C(=O)N2CCC(Cc3ccccc3)CC2)n1C. The molecular weight excluding hydrogens is 410 g/mol. The van der Waals surface area contributed by atoms with Crippen molar-refractivity contribution in [2.75, 3.05) is 26.2 Å². The van der Waals surface area contributed by atoms with Crippen molar-refractivity contribution in [3.8, 4) is 0 Å². The quantitative estimate of drug-likeness (QED) is 0.709. The molecule has 2 aliphatic rings. The number of rotatable bonds is 5. The van der Waals surface area contributed by atoms with Gasteiger partial charge < -0.3 is 9.47 Å². The fraction of sp³-hybridized carbons (Fsp3) is 0.542. The number of amides is 1. The van der Waals surface area contributed by atoms with Crippen LogP contribution in [0.25, 0.3) is 0 Å². The van der Waals surface area contributed by atoms with E-state index in [-0.39, 0.29) is 10.8 Å². The third-order valence-electron chi connectivity index (χ3n) is 6.91. The Balaban J connectivity index is 1.45. The minimum absolute atomic E-state index is 0.0659. The summed E-state index contributed by atoms with van der Waals surface area (Å²) in [6, 6.07) is 12.1. The summed E-state index contributed by atoms with van der Waals surface area (Å²) >= 11 is 0. The summed E-state index contributed by atoms with van der Waals surface area (Å²) in [5, 5.41) is 0. The molecule has 1 aromatic carbocycles. The van der Waals surface area contributed by atoms with E-state index in [1.165, 1.54) is 5.56 Å². The highest BCUT2D eigenvalue weighted by atomic mass is 32.2. The maximum atomic E-state index is 13.3. The third-order valence-corrected chi connectivity index (χ3v) is 8.92. The molecule has 2 fully saturated rings. The molecule has 3 heterocycles. The highest BCUT2D eigenvalue weighted by Gasteiger charge is 2.32. The van der Waals surface area contributed by atoms with E-state index < -0.39 is 10.0 Å². The van der Waals surface area contributed by atoms with Gasteiger partial charge in [-0.15, -0.1) is 0 Å². The van der Waals surface area contributed by atoms with Crippen LogP contribution in [-0.4, -0.2) is 54.3 Å². The molecule has 2 aliphatic heterocycles. The number of hydrogen-bond donors (Lipinski definition) is 0. The monoisotopic (exact) mass is 443 g/mol. The van der Waals surface area contributed by atoms with Crippen molar-refractivity contribution >= 4 is 15.9 Å². The van der Waals surface area contributed by atoms with Crippen molar-refractivity contribution in [2.45, 2.75) is 50.3 Å². The molecule has 0 atom stereocenters. The van der Waals surface area contributed by atoms with Crippen LogP contribution in [0.3, 0.4) is 0 Å². The minimum atomic E-state index is -3.56. The van der Waals surface area contributed by atoms with Crippen molar-refractivity contribution in [1.29, 1.82) is 0 Å². The van der Waals surface area contributed by atoms with E-state index in [1.807, 2.05) is 11.0 Å². The van der Waals surface area contributed by atoms with Crippen molar-refractivity contribution in [3.63, 3.8) is 0 Å². The number of benzene rings is 1. The molecule has 6 nitrogen and oxygen atoms in total. The molecule has 31 heavy (non-hydrogen) atoms. The Morgan fingerprint density at radius 1 is 1.00 bits per heavy atom. The Labute approximate surface area is 185 Å². The Hall–Kier alpha value is -2.12. The van der Waals surface area contributed by atoms with Crippen LogP contribution in [0, 0.1) is 12.8 Å². The van der Waals surface area contributed by atoms with Crippen LogP contribution in [0.5, 0.6) is 0 Å². The standard InChI is InChI=1S/C24H33N3O3S/c1-19-23(31(29,30)27-13-7-4-8-14-27)18-22(25(19)2)24(28)26-15-11-21(12-16-26)17-20-9-5-3-6-10-20/h3,5-6,9-10,18,21H,4,7-8,11-17H2,1-2H3. The molecule has 4 rings (SSSR count). The Morgan fingerprint density at radius 3 is 2.29 bits per heavy atom. The number of carbonyl (C=O) groups is 1. The lowest BCUT2D eigenvalue weighted by molar-refractivity contribution is 0.0680. The van der Waals surface area contributed by atoms with Crippen molar-refractivity contribution in [3.05, 3.63) is 53.3 Å². The zero-order valence-electron chi connectivity index (χ0n) is 18.6. The van der Waals surface area contributed by atoms with Gasteiger partial charge in [-0.2, -0.15) is 4.31 Å². The van der Waals surface area contributed by atoms with Gasteiger partial charge in [0.2, 0.25) is 10.0 Å². The number of sulfonamides is 1. The zero-order valence-corrected chi connectivity index (χ0v) is 19.4. The Bertz CT molecular complexity index is 1020. The first-order chi connectivity index (χ1) is 14.9. The van der Waals surface area contributed by atoms with Gasteiger partial charge in [0, 0.05) is 38.9 Å². The maximum absolute atomic E-state index is 13.3. The van der Waals surface area contributed by atoms with E-state index in [0.29, 0.717) is 30.4 Å². The normalized spacial score (nSPS) is 19.0. The molecule has 0 aliphatic carbocycles. The van der Waals surface area contributed by atoms with Gasteiger partial charge >= 0.3 is 0 Å². The van der Waals surface area contributed by atoms with Crippen LogP contribution in [0.15, 0.2) is 41.3 Å². The first-order valence-corrected chi connectivity index (χ1v) is 12.8. The second-order valence-corrected chi connectivity index (χ2v) is 10.8. The smallest absolute Gasteiger partial charge is 0.270 e. The zero-order chi connectivity index (χ0) is 22.0. The van der Waals surface area contributed by atoms with Gasteiger partial charge in [-0.05, 0) is 56.6 Å². The molecule has 0 radical (unpaired) electrons. The van der Waals surface area contributed by atoms with Crippen LogP contribution in [0.2, 0.25) is 0 Å². The topological polar surface area (TPSA) is 62.6 Å². The molecule has 7 heteroatoms. The summed E-state index contributed by atoms with van der Waals surface area (Å²) in [5.74, 6) is 0.514. The predicted octanol–water partition coefficient (Wildman–Crippen LogP) is 3.60. The minimum Gasteiger partial charge on any atom is -0.343 e. The Kier molecular flexibility index (Phi) is 6.53. The second kappa shape index (κ2) is 9.17. The largest absolute Gasteiger partial charge is 0.343 e. The summed E-state index contributed by atoms with van der Waals surface area (Å²) in [6.45, 7) is 4.35. The van der Waals surface area contributed by atoms with Crippen LogP contribution in [-0.2, 0) is 23.5 Å². The van der Waals surface area contributed by atoms with Gasteiger partial charge in [-0.25, -0.2) is 8.42 Å². The van der Waals surface area contributed by atoms with E-state index in [9.17, 15) is 13.2 Å². The highest BCUT2D eigenvalue weighted by molar-refractivity contribution is 7.89. The van der Waals surface area contributed by atoms with Crippen LogP contribution in [0.1, 0.15) is 53.8 Å². The summed E-state index contributed by atoms with van der Waals surface area (Å²) in [5.41, 5.74) is 2.44. The summed E-state index contributed by atoms with van der Waals surface area (Å²) < 4.78 is 29.7. The number of nitrogens with zero attached hydrogens (tertiary/aromatic N) is 3. The first-order valence-electron chi connectivity index (χ1n) is 11.4. The van der Waals surface area contributed by atoms with Crippen molar-refractivity contribution < 1.29 is 13.2 Å². The average molecular weight is 444 g/mol. The second-order valence-electron chi connectivity index (χ2n) is 8.93. The summed E-state index contributed by atoms with van der Waals surface area (Å²) in [4.78, 5) is 15.4. The fourth-order valence-electron chi connectivity index (χ4n) is 4.83. The molecule has 1 amide bonds. The van der Waals surface area contributed by atoms with Crippen molar-refractivity contribution in [2.24, 2.45) is 13.0 Å². The van der Waals surface area contributed by atoms with E-state index >= 15 is 0 Å². The van der Waals surface area contributed by atoms with Gasteiger partial charge in [0.05, 0.1) is 0 Å². The van der Waals surface area contributed by atoms with E-state index in [1.54, 1.807) is 28.9 Å². The van der Waals surface area contributed by atoms with Gasteiger partial charge in [0.1, 0.15) is 10.6 Å². The lowest BCUT2D eigenvalue weighted by Gasteiger charge is -2.32. The Morgan fingerprint density at radius 2 is 1.65 bits per heavy atom. The molecule has 0 bridgehead atoms. The number of piperidine rings is 2. The molecule has 1 aromatic heterocycles. The fourth-order valence-corrected chi connectivity index (χ4v) is 6.62. The van der Waals surface area contributed by atoms with Gasteiger partial charge in [-0.3, -0.25) is 4.79 Å². The number of hydrogen-bond acceptors (Lipinski definition) is 3. The van der Waals surface area contributed by atoms with E-state index in [0.717, 1.165) is 51.6 Å². The summed E-state index contributed by atoms with van der Waals surface area (Å²) in [7, 11) is -1.77. The van der Waals surface area contributed by atoms with Crippen LogP contribution < -0.4 is 0 Å². The van der Waals surface area contributed by atoms with Crippen LogP contribution >= 0.6 is 0 Å². The predicted molar refractivity (Wildman–Crippen MR) is 122 cm³/mol. The van der Waals surface area contributed by atoms with E-state index in [4.69, 9.17) is 0 Å². The van der Waals surface area contributed by atoms with Gasteiger partial charge in [0.25, 0.3) is 5.91 Å². The summed E-state index contributed by atoms with van der Waals surface area (Å²) in [6.07, 6.45) is 5.86. The number of likely N-dealkylation sites (tertiary alicyclic amines) is 1. The van der Waals surface area contributed by atoms with Gasteiger partial charge in [-0.1, -0.05) is 36.8 Å². The lowest BCUT2D eigenvalue weighted by Crippen LogP contribution is -2.39. The lowest BCUT2D eigenvalue weighted by atomic mass is 9.90. The van der Waals surface area contributed by atoms with Gasteiger partial charge in [0.15, 0.2) is 0 Å². The van der Waals surface area contributed by atoms with Crippen LogP contribution in [0.4, 0.5) is 0 Å². The van der Waals surface area contributed by atoms with Crippen molar-refractivity contribution in [1.82, 2.24) is 13.8 Å². The molecule has 2 aromatic rings. The average Bonchev–Trinajstić information content (AvgIpc) is 3.10. The molecule has 2 saturated heterocycles. The van der Waals surface area contributed by atoms with E-state index in [2.05, 4.69) is 24.3 Å². The molecule has 0 unspecified atom stereocenters. The maximum Gasteiger partial charge on any atom is 0.270 e. The molecule has 168 valence electrons. The number of aromatic nitrogens is 1.